The number of anilines is 1. The van der Waals surface area contributed by atoms with E-state index in [0.717, 1.165) is 5.56 Å². The first kappa shape index (κ1) is 20.9. The number of methoxy groups -OCH3 is 2. The van der Waals surface area contributed by atoms with E-state index in [1.807, 2.05) is 12.1 Å². The van der Waals surface area contributed by atoms with Gasteiger partial charge in [-0.25, -0.2) is 13.4 Å². The Morgan fingerprint density at radius 2 is 1.90 bits per heavy atom. The largest absolute Gasteiger partial charge is 0.497 e. The molecule has 1 saturated heterocycles. The number of rotatable bonds is 6. The molecule has 10 heteroatoms. The number of benzene rings is 1. The SMILES string of the molecule is COc1ccc(-c2cc(C(=O)Nc3ccc(OC)nc3)nn2C2CCS(=O)(=O)C2)cc1. The van der Waals surface area contributed by atoms with Gasteiger partial charge in [-0.1, -0.05) is 0 Å². The second-order valence-corrected chi connectivity index (χ2v) is 9.42. The van der Waals surface area contributed by atoms with Crippen LogP contribution in [-0.4, -0.2) is 54.8 Å². The highest BCUT2D eigenvalue weighted by Gasteiger charge is 2.32. The van der Waals surface area contributed by atoms with Gasteiger partial charge in [0.1, 0.15) is 5.75 Å². The van der Waals surface area contributed by atoms with Gasteiger partial charge < -0.3 is 14.8 Å². The molecule has 3 aromatic rings. The summed E-state index contributed by atoms with van der Waals surface area (Å²) in [6.07, 6.45) is 1.94. The third-order valence-corrected chi connectivity index (χ3v) is 6.86. The van der Waals surface area contributed by atoms with E-state index >= 15 is 0 Å². The number of carbonyl (C=O) groups is 1. The lowest BCUT2D eigenvalue weighted by molar-refractivity contribution is 0.102. The van der Waals surface area contributed by atoms with E-state index in [1.54, 1.807) is 42.1 Å². The van der Waals surface area contributed by atoms with Crippen molar-refractivity contribution in [3.63, 3.8) is 0 Å². The second-order valence-electron chi connectivity index (χ2n) is 7.19. The molecule has 1 atom stereocenters. The van der Waals surface area contributed by atoms with Crippen LogP contribution in [0.15, 0.2) is 48.7 Å². The summed E-state index contributed by atoms with van der Waals surface area (Å²) in [7, 11) is -0.0274. The van der Waals surface area contributed by atoms with Crippen molar-refractivity contribution in [3.05, 3.63) is 54.4 Å². The van der Waals surface area contributed by atoms with Crippen LogP contribution in [0.4, 0.5) is 5.69 Å². The van der Waals surface area contributed by atoms with Gasteiger partial charge in [-0.05, 0) is 42.8 Å². The summed E-state index contributed by atoms with van der Waals surface area (Å²) in [6.45, 7) is 0. The molecular formula is C21H22N4O5S. The van der Waals surface area contributed by atoms with Crippen LogP contribution >= 0.6 is 0 Å². The van der Waals surface area contributed by atoms with Crippen molar-refractivity contribution < 1.29 is 22.7 Å². The number of pyridine rings is 1. The van der Waals surface area contributed by atoms with E-state index < -0.39 is 15.7 Å². The number of hydrogen-bond donors (Lipinski definition) is 1. The van der Waals surface area contributed by atoms with Crippen LogP contribution in [0.5, 0.6) is 11.6 Å². The Bertz CT molecular complexity index is 1190. The minimum atomic E-state index is -3.12. The summed E-state index contributed by atoms with van der Waals surface area (Å²) in [5.74, 6) is 0.830. The molecule has 1 unspecified atom stereocenters. The minimum Gasteiger partial charge on any atom is -0.497 e. The molecule has 1 aliphatic rings. The number of nitrogens with zero attached hydrogens (tertiary/aromatic N) is 3. The molecule has 3 heterocycles. The Morgan fingerprint density at radius 3 is 2.48 bits per heavy atom. The maximum absolute atomic E-state index is 12.8. The van der Waals surface area contributed by atoms with E-state index in [4.69, 9.17) is 9.47 Å². The van der Waals surface area contributed by atoms with Crippen LogP contribution < -0.4 is 14.8 Å². The quantitative estimate of drug-likeness (QED) is 0.624. The molecule has 0 bridgehead atoms. The van der Waals surface area contributed by atoms with Crippen molar-refractivity contribution in [2.75, 3.05) is 31.0 Å². The summed E-state index contributed by atoms with van der Waals surface area (Å²) in [6, 6.07) is 12.0. The first-order chi connectivity index (χ1) is 14.9. The fraction of sp³-hybridized carbons (Fsp3) is 0.286. The molecule has 162 valence electrons. The topological polar surface area (TPSA) is 112 Å². The lowest BCUT2D eigenvalue weighted by Gasteiger charge is -2.13. The van der Waals surface area contributed by atoms with Crippen molar-refractivity contribution in [1.29, 1.82) is 0 Å². The van der Waals surface area contributed by atoms with E-state index in [1.165, 1.54) is 13.3 Å². The zero-order chi connectivity index (χ0) is 22.0. The Balaban J connectivity index is 1.67. The highest BCUT2D eigenvalue weighted by Crippen LogP contribution is 2.31. The van der Waals surface area contributed by atoms with Gasteiger partial charge in [-0.2, -0.15) is 5.10 Å². The molecule has 9 nitrogen and oxygen atoms in total. The maximum Gasteiger partial charge on any atom is 0.276 e. The Hall–Kier alpha value is -3.40. The predicted octanol–water partition coefficient (Wildman–Crippen LogP) is 2.57. The van der Waals surface area contributed by atoms with Gasteiger partial charge in [0.15, 0.2) is 15.5 Å². The molecule has 1 aliphatic heterocycles. The summed E-state index contributed by atoms with van der Waals surface area (Å²) in [5.41, 5.74) is 2.16. The van der Waals surface area contributed by atoms with Crippen molar-refractivity contribution >= 4 is 21.4 Å². The molecule has 1 N–H and O–H groups in total. The smallest absolute Gasteiger partial charge is 0.276 e. The maximum atomic E-state index is 12.8. The third-order valence-electron chi connectivity index (χ3n) is 5.11. The fourth-order valence-corrected chi connectivity index (χ4v) is 5.19. The summed E-state index contributed by atoms with van der Waals surface area (Å²) in [4.78, 5) is 16.9. The van der Waals surface area contributed by atoms with Gasteiger partial charge in [-0.3, -0.25) is 9.48 Å². The van der Waals surface area contributed by atoms with E-state index in [0.29, 0.717) is 29.4 Å². The molecule has 2 aromatic heterocycles. The highest BCUT2D eigenvalue weighted by molar-refractivity contribution is 7.91. The van der Waals surface area contributed by atoms with Crippen molar-refractivity contribution in [1.82, 2.24) is 14.8 Å². The average Bonchev–Trinajstić information content (AvgIpc) is 3.38. The van der Waals surface area contributed by atoms with Crippen molar-refractivity contribution in [3.8, 4) is 22.9 Å². The Kier molecular flexibility index (Phi) is 5.64. The number of hydrogen-bond acceptors (Lipinski definition) is 7. The second kappa shape index (κ2) is 8.38. The molecule has 0 saturated carbocycles. The van der Waals surface area contributed by atoms with Crippen LogP contribution in [0.2, 0.25) is 0 Å². The third kappa shape index (κ3) is 4.53. The van der Waals surface area contributed by atoms with Crippen molar-refractivity contribution in [2.45, 2.75) is 12.5 Å². The molecule has 0 aliphatic carbocycles. The normalized spacial score (nSPS) is 17.3. The van der Waals surface area contributed by atoms with Gasteiger partial charge in [0.05, 0.1) is 49.3 Å². The van der Waals surface area contributed by atoms with E-state index in [9.17, 15) is 13.2 Å². The van der Waals surface area contributed by atoms with Gasteiger partial charge in [0, 0.05) is 11.6 Å². The summed E-state index contributed by atoms with van der Waals surface area (Å²) in [5, 5.41) is 7.23. The first-order valence-corrected chi connectivity index (χ1v) is 11.5. The summed E-state index contributed by atoms with van der Waals surface area (Å²) < 4.78 is 35.9. The number of carbonyl (C=O) groups excluding carboxylic acids is 1. The molecule has 4 rings (SSSR count). The Morgan fingerprint density at radius 1 is 1.13 bits per heavy atom. The molecule has 1 fully saturated rings. The van der Waals surface area contributed by atoms with Gasteiger partial charge in [0.2, 0.25) is 5.88 Å². The number of sulfone groups is 1. The van der Waals surface area contributed by atoms with E-state index in [-0.39, 0.29) is 23.2 Å². The standard InChI is InChI=1S/C21H22N4O5S/c1-29-17-6-3-14(4-7-17)19-11-18(24-25(19)16-9-10-31(27,28)13-16)21(26)23-15-5-8-20(30-2)22-12-15/h3-8,11-12,16H,9-10,13H2,1-2H3,(H,23,26). The van der Waals surface area contributed by atoms with Crippen molar-refractivity contribution in [2.24, 2.45) is 0 Å². The van der Waals surface area contributed by atoms with Crippen LogP contribution in [0, 0.1) is 0 Å². The summed E-state index contributed by atoms with van der Waals surface area (Å²) >= 11 is 0. The molecule has 1 aromatic carbocycles. The lowest BCUT2D eigenvalue weighted by Crippen LogP contribution is -2.16. The number of nitrogens with one attached hydrogen (secondary N) is 1. The molecule has 0 spiro atoms. The monoisotopic (exact) mass is 442 g/mol. The van der Waals surface area contributed by atoms with Crippen LogP contribution in [-0.2, 0) is 9.84 Å². The molecule has 31 heavy (non-hydrogen) atoms. The van der Waals surface area contributed by atoms with Gasteiger partial charge in [-0.15, -0.1) is 0 Å². The number of ether oxygens (including phenoxy) is 2. The van der Waals surface area contributed by atoms with Gasteiger partial charge in [0.25, 0.3) is 5.91 Å². The molecule has 1 amide bonds. The van der Waals surface area contributed by atoms with Crippen LogP contribution in [0.3, 0.4) is 0 Å². The van der Waals surface area contributed by atoms with Gasteiger partial charge >= 0.3 is 0 Å². The van der Waals surface area contributed by atoms with E-state index in [2.05, 4.69) is 15.4 Å². The Labute approximate surface area is 179 Å². The molecular weight excluding hydrogens is 420 g/mol. The fourth-order valence-electron chi connectivity index (χ4n) is 3.50. The lowest BCUT2D eigenvalue weighted by atomic mass is 10.1. The van der Waals surface area contributed by atoms with Crippen LogP contribution in [0.1, 0.15) is 23.0 Å². The predicted molar refractivity (Wildman–Crippen MR) is 115 cm³/mol. The minimum absolute atomic E-state index is 0.00128. The zero-order valence-electron chi connectivity index (χ0n) is 17.1. The average molecular weight is 442 g/mol. The highest BCUT2D eigenvalue weighted by atomic mass is 32.2. The van der Waals surface area contributed by atoms with Crippen LogP contribution in [0.25, 0.3) is 11.3 Å². The molecule has 0 radical (unpaired) electrons. The first-order valence-electron chi connectivity index (χ1n) is 9.64. The number of aromatic nitrogens is 3. The number of amides is 1. The zero-order valence-corrected chi connectivity index (χ0v) is 17.9.